The molecule has 1 atom stereocenters. The Kier molecular flexibility index (Phi) is 6.29. The normalized spacial score (nSPS) is 11.6. The highest BCUT2D eigenvalue weighted by Crippen LogP contribution is 2.24. The van der Waals surface area contributed by atoms with Crippen LogP contribution in [0.1, 0.15) is 20.3 Å². The Balaban J connectivity index is 1.97. The first-order valence-corrected chi connectivity index (χ1v) is 7.93. The molecule has 2 aromatic rings. The highest BCUT2D eigenvalue weighted by molar-refractivity contribution is 6.32. The summed E-state index contributed by atoms with van der Waals surface area (Å²) < 4.78 is 11.1. The summed E-state index contributed by atoms with van der Waals surface area (Å²) in [5, 5.41) is 3.29. The Bertz CT molecular complexity index is 660. The van der Waals surface area contributed by atoms with Gasteiger partial charge < -0.3 is 14.8 Å². The zero-order valence-corrected chi connectivity index (χ0v) is 14.0. The number of ether oxygens (including phenoxy) is 2. The number of halogens is 1. The van der Waals surface area contributed by atoms with Crippen molar-refractivity contribution in [1.82, 2.24) is 0 Å². The van der Waals surface area contributed by atoms with Crippen LogP contribution < -0.4 is 14.8 Å². The van der Waals surface area contributed by atoms with E-state index in [2.05, 4.69) is 5.32 Å². The topological polar surface area (TPSA) is 47.6 Å². The molecule has 0 fully saturated rings. The van der Waals surface area contributed by atoms with Gasteiger partial charge in [0.1, 0.15) is 11.5 Å². The second-order valence-corrected chi connectivity index (χ2v) is 5.46. The predicted molar refractivity (Wildman–Crippen MR) is 92.4 cm³/mol. The fraction of sp³-hybridized carbons (Fsp3) is 0.278. The van der Waals surface area contributed by atoms with Gasteiger partial charge in [0.05, 0.1) is 11.6 Å². The van der Waals surface area contributed by atoms with Crippen molar-refractivity contribution in [3.8, 4) is 11.5 Å². The van der Waals surface area contributed by atoms with Crippen molar-refractivity contribution in [2.75, 3.05) is 11.9 Å². The van der Waals surface area contributed by atoms with Crippen molar-refractivity contribution >= 4 is 23.2 Å². The van der Waals surface area contributed by atoms with Gasteiger partial charge in [-0.15, -0.1) is 0 Å². The van der Waals surface area contributed by atoms with Crippen LogP contribution in [0.4, 0.5) is 5.69 Å². The summed E-state index contributed by atoms with van der Waals surface area (Å²) in [5.74, 6) is 0.957. The summed E-state index contributed by atoms with van der Waals surface area (Å²) >= 11 is 6.03. The molecule has 0 aromatic heterocycles. The molecule has 2 aromatic carbocycles. The van der Waals surface area contributed by atoms with Crippen LogP contribution in [0.2, 0.25) is 5.02 Å². The first-order chi connectivity index (χ1) is 11.1. The molecular weight excluding hydrogens is 314 g/mol. The summed E-state index contributed by atoms with van der Waals surface area (Å²) in [6.45, 7) is 4.36. The minimum absolute atomic E-state index is 0.252. The molecule has 1 amide bonds. The third-order valence-corrected chi connectivity index (χ3v) is 3.40. The van der Waals surface area contributed by atoms with E-state index in [0.29, 0.717) is 23.1 Å². The van der Waals surface area contributed by atoms with E-state index in [0.717, 1.165) is 12.2 Å². The van der Waals surface area contributed by atoms with Crippen LogP contribution in [-0.4, -0.2) is 18.6 Å². The number of para-hydroxylation sites is 1. The van der Waals surface area contributed by atoms with Gasteiger partial charge in [0, 0.05) is 11.8 Å². The monoisotopic (exact) mass is 333 g/mol. The molecule has 0 bridgehead atoms. The Hall–Kier alpha value is -2.20. The van der Waals surface area contributed by atoms with E-state index in [1.807, 2.05) is 25.1 Å². The molecule has 0 aliphatic carbocycles. The quantitative estimate of drug-likeness (QED) is 0.809. The van der Waals surface area contributed by atoms with Crippen LogP contribution in [-0.2, 0) is 4.79 Å². The Morgan fingerprint density at radius 3 is 2.74 bits per heavy atom. The molecule has 0 saturated carbocycles. The van der Waals surface area contributed by atoms with Crippen LogP contribution in [0.15, 0.2) is 48.5 Å². The Labute approximate surface area is 141 Å². The lowest BCUT2D eigenvalue weighted by molar-refractivity contribution is -0.122. The molecule has 1 unspecified atom stereocenters. The van der Waals surface area contributed by atoms with Gasteiger partial charge in [-0.3, -0.25) is 4.79 Å². The van der Waals surface area contributed by atoms with Gasteiger partial charge in [-0.2, -0.15) is 0 Å². The molecule has 4 nitrogen and oxygen atoms in total. The number of nitrogens with one attached hydrogen (secondary N) is 1. The highest BCUT2D eigenvalue weighted by Gasteiger charge is 2.16. The molecule has 5 heteroatoms. The van der Waals surface area contributed by atoms with Gasteiger partial charge in [-0.1, -0.05) is 36.7 Å². The lowest BCUT2D eigenvalue weighted by Crippen LogP contribution is -2.30. The standard InChI is InChI=1S/C18H20ClNO3/c1-3-11-22-15-8-6-7-14(12-15)20-18(21)13(2)23-17-10-5-4-9-16(17)19/h4-10,12-13H,3,11H2,1-2H3,(H,20,21). The van der Waals surface area contributed by atoms with E-state index in [-0.39, 0.29) is 5.91 Å². The number of amides is 1. The summed E-state index contributed by atoms with van der Waals surface area (Å²) in [6, 6.07) is 14.3. The molecule has 0 radical (unpaired) electrons. The van der Waals surface area contributed by atoms with E-state index in [4.69, 9.17) is 21.1 Å². The van der Waals surface area contributed by atoms with Gasteiger partial charge in [-0.05, 0) is 37.6 Å². The SMILES string of the molecule is CCCOc1cccc(NC(=O)C(C)Oc2ccccc2Cl)c1. The molecule has 0 aliphatic heterocycles. The van der Waals surface area contributed by atoms with Crippen molar-refractivity contribution in [1.29, 1.82) is 0 Å². The largest absolute Gasteiger partial charge is 0.494 e. The van der Waals surface area contributed by atoms with Crippen molar-refractivity contribution in [2.45, 2.75) is 26.4 Å². The van der Waals surface area contributed by atoms with E-state index in [9.17, 15) is 4.79 Å². The van der Waals surface area contributed by atoms with E-state index < -0.39 is 6.10 Å². The Morgan fingerprint density at radius 1 is 1.22 bits per heavy atom. The first kappa shape index (κ1) is 17.2. The van der Waals surface area contributed by atoms with Gasteiger partial charge >= 0.3 is 0 Å². The fourth-order valence-corrected chi connectivity index (χ4v) is 2.09. The van der Waals surface area contributed by atoms with E-state index in [1.165, 1.54) is 0 Å². The van der Waals surface area contributed by atoms with Crippen LogP contribution in [0.3, 0.4) is 0 Å². The van der Waals surface area contributed by atoms with Crippen molar-refractivity contribution in [2.24, 2.45) is 0 Å². The van der Waals surface area contributed by atoms with Crippen molar-refractivity contribution in [3.63, 3.8) is 0 Å². The molecule has 0 saturated heterocycles. The first-order valence-electron chi connectivity index (χ1n) is 7.55. The number of anilines is 1. The molecule has 0 aliphatic rings. The summed E-state index contributed by atoms with van der Waals surface area (Å²) in [5.41, 5.74) is 0.665. The molecule has 0 heterocycles. The lowest BCUT2D eigenvalue weighted by Gasteiger charge is -2.16. The molecular formula is C18H20ClNO3. The minimum Gasteiger partial charge on any atom is -0.494 e. The van der Waals surface area contributed by atoms with Gasteiger partial charge in [0.15, 0.2) is 6.10 Å². The van der Waals surface area contributed by atoms with Crippen molar-refractivity contribution < 1.29 is 14.3 Å². The fourth-order valence-electron chi connectivity index (χ4n) is 1.91. The van der Waals surface area contributed by atoms with Crippen LogP contribution in [0, 0.1) is 0 Å². The highest BCUT2D eigenvalue weighted by atomic mass is 35.5. The number of carbonyl (C=O) groups excluding carboxylic acids is 1. The number of carbonyl (C=O) groups is 1. The van der Waals surface area contributed by atoms with Gasteiger partial charge in [0.25, 0.3) is 5.91 Å². The molecule has 0 spiro atoms. The molecule has 23 heavy (non-hydrogen) atoms. The lowest BCUT2D eigenvalue weighted by atomic mass is 10.2. The smallest absolute Gasteiger partial charge is 0.265 e. The maximum Gasteiger partial charge on any atom is 0.265 e. The van der Waals surface area contributed by atoms with Crippen molar-refractivity contribution in [3.05, 3.63) is 53.6 Å². The third kappa shape index (κ3) is 5.18. The van der Waals surface area contributed by atoms with Gasteiger partial charge in [0.2, 0.25) is 0 Å². The predicted octanol–water partition coefficient (Wildman–Crippen LogP) is 4.53. The zero-order valence-electron chi connectivity index (χ0n) is 13.2. The third-order valence-electron chi connectivity index (χ3n) is 3.08. The summed E-state index contributed by atoms with van der Waals surface area (Å²) in [4.78, 5) is 12.2. The zero-order chi connectivity index (χ0) is 16.7. The average molecular weight is 334 g/mol. The van der Waals surface area contributed by atoms with E-state index in [1.54, 1.807) is 37.3 Å². The second-order valence-electron chi connectivity index (χ2n) is 5.06. The maximum absolute atomic E-state index is 12.2. The minimum atomic E-state index is -0.671. The average Bonchev–Trinajstić information content (AvgIpc) is 2.55. The second kappa shape index (κ2) is 8.44. The number of hydrogen-bond acceptors (Lipinski definition) is 3. The van der Waals surface area contributed by atoms with Crippen LogP contribution >= 0.6 is 11.6 Å². The summed E-state index contributed by atoms with van der Waals surface area (Å²) in [6.07, 6.45) is 0.259. The van der Waals surface area contributed by atoms with Gasteiger partial charge in [-0.25, -0.2) is 0 Å². The Morgan fingerprint density at radius 2 is 2.00 bits per heavy atom. The number of benzene rings is 2. The number of rotatable bonds is 7. The summed E-state index contributed by atoms with van der Waals surface area (Å²) in [7, 11) is 0. The van der Waals surface area contributed by atoms with E-state index >= 15 is 0 Å². The molecule has 1 N–H and O–H groups in total. The molecule has 2 rings (SSSR count). The van der Waals surface area contributed by atoms with Crippen LogP contribution in [0.5, 0.6) is 11.5 Å². The number of hydrogen-bond donors (Lipinski definition) is 1. The maximum atomic E-state index is 12.2. The molecule has 122 valence electrons. The van der Waals surface area contributed by atoms with Crippen LogP contribution in [0.25, 0.3) is 0 Å².